The van der Waals surface area contributed by atoms with Crippen LogP contribution in [0.4, 0.5) is 0 Å². The Morgan fingerprint density at radius 2 is 1.79 bits per heavy atom. The highest BCUT2D eigenvalue weighted by atomic mass is 35.5. The summed E-state index contributed by atoms with van der Waals surface area (Å²) in [6, 6.07) is 0. The van der Waals surface area contributed by atoms with Crippen LogP contribution in [0, 0.1) is 13.8 Å². The summed E-state index contributed by atoms with van der Waals surface area (Å²) in [6.07, 6.45) is 4.05. The van der Waals surface area contributed by atoms with Gasteiger partial charge in [0.1, 0.15) is 11.3 Å². The maximum atomic E-state index is 6.30. The average Bonchev–Trinajstić information content (AvgIpc) is 3.01. The number of halogens is 1. The second-order valence-corrected chi connectivity index (χ2v) is 4.99. The minimum Gasteiger partial charge on any atom is -0.361 e. The minimum atomic E-state index is -0.430. The molecule has 0 amide bonds. The third-order valence-corrected chi connectivity index (χ3v) is 3.61. The van der Waals surface area contributed by atoms with Gasteiger partial charge < -0.3 is 14.8 Å². The van der Waals surface area contributed by atoms with Crippen LogP contribution < -0.4 is 5.73 Å². The van der Waals surface area contributed by atoms with E-state index in [0.29, 0.717) is 17.5 Å². The summed E-state index contributed by atoms with van der Waals surface area (Å²) < 4.78 is 10.4. The molecule has 0 aromatic carbocycles. The van der Waals surface area contributed by atoms with Gasteiger partial charge in [0.25, 0.3) is 5.89 Å². The lowest BCUT2D eigenvalue weighted by atomic mass is 9.98. The number of hydrogen-bond acceptors (Lipinski definition) is 6. The molecule has 3 rings (SSSR count). The highest BCUT2D eigenvalue weighted by molar-refractivity contribution is 5.85. The quantitative estimate of drug-likeness (QED) is 0.911. The smallest absolute Gasteiger partial charge is 0.263 e. The maximum Gasteiger partial charge on any atom is 0.263 e. The number of nitrogens with zero attached hydrogens (tertiary/aromatic N) is 3. The highest BCUT2D eigenvalue weighted by Gasteiger charge is 2.36. The van der Waals surface area contributed by atoms with Gasteiger partial charge in [-0.1, -0.05) is 23.2 Å². The molecule has 104 valence electrons. The third-order valence-electron chi connectivity index (χ3n) is 3.61. The number of hydrogen-bond donors (Lipinski definition) is 1. The Kier molecular flexibility index (Phi) is 3.64. The average molecular weight is 285 g/mol. The van der Waals surface area contributed by atoms with Crippen molar-refractivity contribution in [1.82, 2.24) is 15.3 Å². The second-order valence-electron chi connectivity index (χ2n) is 4.99. The molecule has 2 aromatic heterocycles. The van der Waals surface area contributed by atoms with Gasteiger partial charge in [0.15, 0.2) is 5.82 Å². The fourth-order valence-corrected chi connectivity index (χ4v) is 2.55. The van der Waals surface area contributed by atoms with Crippen molar-refractivity contribution >= 4 is 12.4 Å². The largest absolute Gasteiger partial charge is 0.361 e. The van der Waals surface area contributed by atoms with Gasteiger partial charge in [-0.3, -0.25) is 0 Å². The molecule has 1 aliphatic rings. The summed E-state index contributed by atoms with van der Waals surface area (Å²) in [6.45, 7) is 3.68. The van der Waals surface area contributed by atoms with Gasteiger partial charge >= 0.3 is 0 Å². The van der Waals surface area contributed by atoms with Crippen LogP contribution in [0.5, 0.6) is 0 Å². The zero-order valence-electron chi connectivity index (χ0n) is 11.0. The Morgan fingerprint density at radius 3 is 2.37 bits per heavy atom. The van der Waals surface area contributed by atoms with Crippen LogP contribution >= 0.6 is 12.4 Å². The van der Waals surface area contributed by atoms with Crippen LogP contribution in [-0.2, 0) is 5.54 Å². The fraction of sp³-hybridized carbons (Fsp3) is 0.583. The van der Waals surface area contributed by atoms with Crippen molar-refractivity contribution in [3.63, 3.8) is 0 Å². The van der Waals surface area contributed by atoms with E-state index in [4.69, 9.17) is 14.8 Å². The predicted octanol–water partition coefficient (Wildman–Crippen LogP) is 2.49. The molecule has 0 bridgehead atoms. The van der Waals surface area contributed by atoms with Gasteiger partial charge in [-0.05, 0) is 26.7 Å². The van der Waals surface area contributed by atoms with Crippen molar-refractivity contribution in [2.24, 2.45) is 5.73 Å². The Labute approximate surface area is 117 Å². The van der Waals surface area contributed by atoms with Gasteiger partial charge in [-0.25, -0.2) is 0 Å². The molecule has 0 atom stereocenters. The highest BCUT2D eigenvalue weighted by Crippen LogP contribution is 2.36. The van der Waals surface area contributed by atoms with Gasteiger partial charge in [0.05, 0.1) is 11.2 Å². The lowest BCUT2D eigenvalue weighted by molar-refractivity contribution is 0.371. The van der Waals surface area contributed by atoms with E-state index in [1.165, 1.54) is 0 Å². The van der Waals surface area contributed by atoms with Crippen molar-refractivity contribution in [1.29, 1.82) is 0 Å². The molecule has 1 saturated carbocycles. The van der Waals surface area contributed by atoms with Crippen LogP contribution in [0.2, 0.25) is 0 Å². The van der Waals surface area contributed by atoms with Crippen LogP contribution in [0.25, 0.3) is 11.5 Å². The first-order valence-electron chi connectivity index (χ1n) is 6.16. The first kappa shape index (κ1) is 14.0. The van der Waals surface area contributed by atoms with E-state index in [1.54, 1.807) is 0 Å². The molecule has 0 saturated heterocycles. The summed E-state index contributed by atoms with van der Waals surface area (Å²) in [5.74, 6) is 1.72. The molecule has 2 heterocycles. The van der Waals surface area contributed by atoms with E-state index in [0.717, 1.165) is 36.9 Å². The van der Waals surface area contributed by atoms with Gasteiger partial charge in [0.2, 0.25) is 0 Å². The zero-order chi connectivity index (χ0) is 12.8. The summed E-state index contributed by atoms with van der Waals surface area (Å²) in [7, 11) is 0. The lowest BCUT2D eigenvalue weighted by Gasteiger charge is -2.17. The molecular weight excluding hydrogens is 268 g/mol. The van der Waals surface area contributed by atoms with Crippen LogP contribution in [0.3, 0.4) is 0 Å². The van der Waals surface area contributed by atoms with Crippen LogP contribution in [0.1, 0.15) is 43.0 Å². The molecule has 6 nitrogen and oxygen atoms in total. The number of aryl methyl sites for hydroxylation is 2. The number of nitrogens with two attached hydrogens (primary N) is 1. The third kappa shape index (κ3) is 2.26. The lowest BCUT2D eigenvalue weighted by Crippen LogP contribution is -2.34. The first-order valence-corrected chi connectivity index (χ1v) is 6.16. The molecule has 1 fully saturated rings. The molecule has 7 heteroatoms. The van der Waals surface area contributed by atoms with Crippen molar-refractivity contribution < 1.29 is 9.05 Å². The van der Waals surface area contributed by atoms with Crippen molar-refractivity contribution in [3.05, 3.63) is 17.3 Å². The maximum absolute atomic E-state index is 6.30. The van der Waals surface area contributed by atoms with Crippen LogP contribution in [-0.4, -0.2) is 15.3 Å². The molecule has 2 aromatic rings. The number of aromatic nitrogens is 3. The Hall–Kier alpha value is -1.40. The predicted molar refractivity (Wildman–Crippen MR) is 70.9 cm³/mol. The summed E-state index contributed by atoms with van der Waals surface area (Å²) >= 11 is 0. The zero-order valence-corrected chi connectivity index (χ0v) is 11.8. The first-order chi connectivity index (χ1) is 8.60. The Morgan fingerprint density at radius 1 is 1.11 bits per heavy atom. The molecule has 2 N–H and O–H groups in total. The standard InChI is InChI=1S/C12H16N4O2.ClH/c1-7-9(8(2)17-15-7)10-14-11(16-18-10)12(13)5-3-4-6-12;/h3-6,13H2,1-2H3;1H. The minimum absolute atomic E-state index is 0. The second kappa shape index (κ2) is 4.94. The summed E-state index contributed by atoms with van der Waals surface area (Å²) in [5, 5.41) is 7.91. The van der Waals surface area contributed by atoms with Gasteiger partial charge in [-0.15, -0.1) is 12.4 Å². The van der Waals surface area contributed by atoms with Crippen molar-refractivity contribution in [3.8, 4) is 11.5 Å². The van der Waals surface area contributed by atoms with E-state index in [2.05, 4.69) is 15.3 Å². The molecule has 0 unspecified atom stereocenters. The normalized spacial score (nSPS) is 17.4. The van der Waals surface area contributed by atoms with E-state index < -0.39 is 5.54 Å². The molecule has 0 aliphatic heterocycles. The van der Waals surface area contributed by atoms with Crippen molar-refractivity contribution in [2.45, 2.75) is 45.1 Å². The summed E-state index contributed by atoms with van der Waals surface area (Å²) in [4.78, 5) is 4.43. The van der Waals surface area contributed by atoms with Crippen LogP contribution in [0.15, 0.2) is 9.05 Å². The molecular formula is C12H17ClN4O2. The molecule has 19 heavy (non-hydrogen) atoms. The van der Waals surface area contributed by atoms with Gasteiger partial charge in [0, 0.05) is 0 Å². The SMILES string of the molecule is Cc1noc(C)c1-c1nc(C2(N)CCCC2)no1.Cl. The topological polar surface area (TPSA) is 91.0 Å². The molecule has 0 radical (unpaired) electrons. The van der Waals surface area contributed by atoms with E-state index in [9.17, 15) is 0 Å². The molecule has 0 spiro atoms. The van der Waals surface area contributed by atoms with Gasteiger partial charge in [-0.2, -0.15) is 4.98 Å². The van der Waals surface area contributed by atoms with Crippen molar-refractivity contribution in [2.75, 3.05) is 0 Å². The Balaban J connectivity index is 0.00000133. The Bertz CT molecular complexity index is 553. The fourth-order valence-electron chi connectivity index (χ4n) is 2.55. The monoisotopic (exact) mass is 284 g/mol. The van der Waals surface area contributed by atoms with E-state index in [-0.39, 0.29) is 12.4 Å². The van der Waals surface area contributed by atoms with E-state index in [1.807, 2.05) is 13.8 Å². The van der Waals surface area contributed by atoms with E-state index >= 15 is 0 Å². The molecule has 1 aliphatic carbocycles. The summed E-state index contributed by atoms with van der Waals surface area (Å²) in [5.41, 5.74) is 7.39. The number of rotatable bonds is 2.